The summed E-state index contributed by atoms with van der Waals surface area (Å²) in [5, 5.41) is 0. The number of carbonyl (C=O) groups is 1. The van der Waals surface area contributed by atoms with Crippen molar-refractivity contribution in [2.24, 2.45) is 0 Å². The van der Waals surface area contributed by atoms with E-state index >= 15 is 0 Å². The van der Waals surface area contributed by atoms with Crippen LogP contribution in [0, 0.1) is 0 Å². The van der Waals surface area contributed by atoms with Crippen LogP contribution in [-0.4, -0.2) is 17.4 Å². The third kappa shape index (κ3) is 3.56. The maximum atomic E-state index is 12.3. The standard InChI is InChI=1S/C20H25NO/c1-5-9-18(15(2)3)16(4)14-21-19(12-13-20(21)22)17-10-7-6-8-11-17/h5-11,19H,2,12-14H2,1,3-4H3/b9-5-,18-16+/t19-/m0/s1. The largest absolute Gasteiger partial charge is 0.332 e. The molecule has 1 heterocycles. The number of likely N-dealkylation sites (tertiary alicyclic amines) is 1. The van der Waals surface area contributed by atoms with Gasteiger partial charge in [-0.3, -0.25) is 4.79 Å². The van der Waals surface area contributed by atoms with Gasteiger partial charge in [-0.2, -0.15) is 0 Å². The summed E-state index contributed by atoms with van der Waals surface area (Å²) in [6, 6.07) is 10.5. The number of benzene rings is 1. The van der Waals surface area contributed by atoms with Crippen molar-refractivity contribution in [2.45, 2.75) is 39.7 Å². The van der Waals surface area contributed by atoms with Gasteiger partial charge in [0.05, 0.1) is 6.04 Å². The lowest BCUT2D eigenvalue weighted by molar-refractivity contribution is -0.128. The topological polar surface area (TPSA) is 20.3 Å². The third-order valence-corrected chi connectivity index (χ3v) is 4.17. The highest BCUT2D eigenvalue weighted by atomic mass is 16.2. The average molecular weight is 295 g/mol. The quantitative estimate of drug-likeness (QED) is 0.713. The molecular weight excluding hydrogens is 270 g/mol. The van der Waals surface area contributed by atoms with E-state index in [9.17, 15) is 4.79 Å². The van der Waals surface area contributed by atoms with Crippen LogP contribution in [-0.2, 0) is 4.79 Å². The van der Waals surface area contributed by atoms with Gasteiger partial charge in [-0.1, -0.05) is 54.6 Å². The fraction of sp³-hybridized carbons (Fsp3) is 0.350. The normalized spacial score (nSPS) is 19.7. The van der Waals surface area contributed by atoms with Crippen LogP contribution >= 0.6 is 0 Å². The van der Waals surface area contributed by atoms with Crippen molar-refractivity contribution in [3.8, 4) is 0 Å². The number of allylic oxidation sites excluding steroid dienone is 4. The molecule has 2 nitrogen and oxygen atoms in total. The minimum absolute atomic E-state index is 0.195. The molecule has 0 radical (unpaired) electrons. The summed E-state index contributed by atoms with van der Waals surface area (Å²) in [6.45, 7) is 10.8. The Bertz CT molecular complexity index is 610. The average Bonchev–Trinajstić information content (AvgIpc) is 2.86. The Morgan fingerprint density at radius 1 is 1.32 bits per heavy atom. The van der Waals surface area contributed by atoms with Crippen molar-refractivity contribution < 1.29 is 4.79 Å². The molecule has 0 unspecified atom stereocenters. The zero-order valence-corrected chi connectivity index (χ0v) is 13.8. The van der Waals surface area contributed by atoms with Gasteiger partial charge in [-0.15, -0.1) is 0 Å². The molecule has 0 aliphatic carbocycles. The lowest BCUT2D eigenvalue weighted by Crippen LogP contribution is -2.29. The first-order valence-corrected chi connectivity index (χ1v) is 7.87. The molecule has 0 aromatic heterocycles. The van der Waals surface area contributed by atoms with Crippen molar-refractivity contribution in [2.75, 3.05) is 6.54 Å². The Labute approximate surface area is 133 Å². The van der Waals surface area contributed by atoms with E-state index in [0.29, 0.717) is 13.0 Å². The zero-order valence-electron chi connectivity index (χ0n) is 13.8. The summed E-state index contributed by atoms with van der Waals surface area (Å²) in [5.41, 5.74) is 4.61. The number of nitrogens with zero attached hydrogens (tertiary/aromatic N) is 1. The second-order valence-electron chi connectivity index (χ2n) is 5.96. The van der Waals surface area contributed by atoms with E-state index in [0.717, 1.165) is 17.6 Å². The number of amides is 1. The molecule has 1 atom stereocenters. The molecule has 0 spiro atoms. The molecule has 2 rings (SSSR count). The molecule has 116 valence electrons. The summed E-state index contributed by atoms with van der Waals surface area (Å²) >= 11 is 0. The summed E-state index contributed by atoms with van der Waals surface area (Å²) < 4.78 is 0. The number of hydrogen-bond acceptors (Lipinski definition) is 1. The minimum Gasteiger partial charge on any atom is -0.332 e. The number of hydrogen-bond donors (Lipinski definition) is 0. The first-order valence-electron chi connectivity index (χ1n) is 7.87. The second kappa shape index (κ2) is 7.26. The van der Waals surface area contributed by atoms with E-state index in [1.165, 1.54) is 11.1 Å². The first kappa shape index (κ1) is 16.3. The highest BCUT2D eigenvalue weighted by Crippen LogP contribution is 2.33. The molecule has 2 heteroatoms. The zero-order chi connectivity index (χ0) is 16.1. The van der Waals surface area contributed by atoms with E-state index in [2.05, 4.69) is 31.7 Å². The van der Waals surface area contributed by atoms with Crippen molar-refractivity contribution in [3.63, 3.8) is 0 Å². The van der Waals surface area contributed by atoms with E-state index in [1.807, 2.05) is 43.0 Å². The summed E-state index contributed by atoms with van der Waals surface area (Å²) in [7, 11) is 0. The van der Waals surface area contributed by atoms with E-state index in [-0.39, 0.29) is 11.9 Å². The Kier molecular flexibility index (Phi) is 5.37. The maximum Gasteiger partial charge on any atom is 0.223 e. The molecule has 1 amide bonds. The van der Waals surface area contributed by atoms with Crippen molar-refractivity contribution in [1.29, 1.82) is 0 Å². The molecule has 1 saturated heterocycles. The Hall–Kier alpha value is -2.09. The molecule has 0 saturated carbocycles. The lowest BCUT2D eigenvalue weighted by Gasteiger charge is -2.26. The monoisotopic (exact) mass is 295 g/mol. The molecule has 1 fully saturated rings. The van der Waals surface area contributed by atoms with E-state index in [1.54, 1.807) is 0 Å². The highest BCUT2D eigenvalue weighted by Gasteiger charge is 2.32. The minimum atomic E-state index is 0.195. The van der Waals surface area contributed by atoms with Gasteiger partial charge in [-0.25, -0.2) is 0 Å². The van der Waals surface area contributed by atoms with Crippen molar-refractivity contribution in [1.82, 2.24) is 4.90 Å². The van der Waals surface area contributed by atoms with Crippen molar-refractivity contribution in [3.05, 3.63) is 71.3 Å². The Balaban J connectivity index is 2.27. The molecule has 1 aromatic carbocycles. The Morgan fingerprint density at radius 2 is 2.00 bits per heavy atom. The molecule has 1 aliphatic heterocycles. The van der Waals surface area contributed by atoms with Gasteiger partial charge in [-0.05, 0) is 43.9 Å². The maximum absolute atomic E-state index is 12.3. The summed E-state index contributed by atoms with van der Waals surface area (Å²) in [5.74, 6) is 0.245. The van der Waals surface area contributed by atoms with Crippen LogP contribution in [0.25, 0.3) is 0 Å². The van der Waals surface area contributed by atoms with Crippen LogP contribution in [0.4, 0.5) is 0 Å². The van der Waals surface area contributed by atoms with Gasteiger partial charge < -0.3 is 4.90 Å². The van der Waals surface area contributed by atoms with Gasteiger partial charge in [0.1, 0.15) is 0 Å². The molecule has 1 aliphatic rings. The first-order chi connectivity index (χ1) is 10.5. The predicted octanol–water partition coefficient (Wildman–Crippen LogP) is 4.82. The van der Waals surface area contributed by atoms with Crippen LogP contribution in [0.5, 0.6) is 0 Å². The fourth-order valence-corrected chi connectivity index (χ4v) is 3.11. The van der Waals surface area contributed by atoms with Gasteiger partial charge in [0, 0.05) is 13.0 Å². The van der Waals surface area contributed by atoms with Crippen LogP contribution < -0.4 is 0 Å². The predicted molar refractivity (Wildman–Crippen MR) is 92.5 cm³/mol. The smallest absolute Gasteiger partial charge is 0.223 e. The van der Waals surface area contributed by atoms with Crippen LogP contribution in [0.1, 0.15) is 45.2 Å². The molecule has 1 aromatic rings. The molecular formula is C20H25NO. The number of carbonyl (C=O) groups excluding carboxylic acids is 1. The lowest BCUT2D eigenvalue weighted by atomic mass is 10.0. The molecule has 22 heavy (non-hydrogen) atoms. The van der Waals surface area contributed by atoms with Crippen LogP contribution in [0.2, 0.25) is 0 Å². The third-order valence-electron chi connectivity index (χ3n) is 4.17. The second-order valence-corrected chi connectivity index (χ2v) is 5.96. The highest BCUT2D eigenvalue weighted by molar-refractivity contribution is 5.79. The number of rotatable bonds is 5. The van der Waals surface area contributed by atoms with Gasteiger partial charge in [0.25, 0.3) is 0 Å². The van der Waals surface area contributed by atoms with Crippen LogP contribution in [0.3, 0.4) is 0 Å². The Morgan fingerprint density at radius 3 is 2.59 bits per heavy atom. The summed E-state index contributed by atoms with van der Waals surface area (Å²) in [6.07, 6.45) is 5.64. The molecule has 0 N–H and O–H groups in total. The summed E-state index contributed by atoms with van der Waals surface area (Å²) in [4.78, 5) is 14.3. The molecule has 0 bridgehead atoms. The van der Waals surface area contributed by atoms with Crippen LogP contribution in [0.15, 0.2) is 65.8 Å². The van der Waals surface area contributed by atoms with Gasteiger partial charge in [0.2, 0.25) is 5.91 Å². The fourth-order valence-electron chi connectivity index (χ4n) is 3.11. The van der Waals surface area contributed by atoms with Crippen molar-refractivity contribution >= 4 is 5.91 Å². The van der Waals surface area contributed by atoms with E-state index in [4.69, 9.17) is 0 Å². The van der Waals surface area contributed by atoms with Gasteiger partial charge in [0.15, 0.2) is 0 Å². The van der Waals surface area contributed by atoms with Gasteiger partial charge >= 0.3 is 0 Å². The van der Waals surface area contributed by atoms with E-state index < -0.39 is 0 Å². The SMILES string of the molecule is C=C(C)C(/C=C\C)=C(\C)CN1C(=O)CC[C@H]1c1ccccc1.